The number of nitriles is 1. The molecule has 0 saturated carbocycles. The highest BCUT2D eigenvalue weighted by atomic mass is 14.9. The van der Waals surface area contributed by atoms with Gasteiger partial charge in [-0.3, -0.25) is 0 Å². The molecule has 0 saturated heterocycles. The van der Waals surface area contributed by atoms with E-state index < -0.39 is 0 Å². The minimum atomic E-state index is 0.174. The summed E-state index contributed by atoms with van der Waals surface area (Å²) in [6.07, 6.45) is 2.66. The van der Waals surface area contributed by atoms with E-state index in [1.807, 2.05) is 0 Å². The van der Waals surface area contributed by atoms with E-state index in [2.05, 4.69) is 63.3 Å². The zero-order valence-electron chi connectivity index (χ0n) is 12.7. The number of benzene rings is 1. The molecule has 1 N–H and O–H groups in total. The lowest BCUT2D eigenvalue weighted by atomic mass is 9.87. The molecule has 104 valence electrons. The summed E-state index contributed by atoms with van der Waals surface area (Å²) < 4.78 is 0. The monoisotopic (exact) mass is 258 g/mol. The van der Waals surface area contributed by atoms with Crippen LogP contribution in [0.5, 0.6) is 0 Å². The molecule has 2 nitrogen and oxygen atoms in total. The molecular weight excluding hydrogens is 232 g/mol. The second-order valence-corrected chi connectivity index (χ2v) is 6.07. The quantitative estimate of drug-likeness (QED) is 0.788. The van der Waals surface area contributed by atoms with Crippen molar-refractivity contribution in [3.05, 3.63) is 35.4 Å². The summed E-state index contributed by atoms with van der Waals surface area (Å²) in [6.45, 7) is 9.71. The standard InChI is InChI=1S/C17H26N2/c1-5-16(15-9-7-14(2)8-10-15)19-13-17(3,4)11-6-12-18/h7-10,16,19H,5-6,11,13H2,1-4H3. The van der Waals surface area contributed by atoms with Crippen molar-refractivity contribution in [3.8, 4) is 6.07 Å². The van der Waals surface area contributed by atoms with Crippen LogP contribution in [-0.4, -0.2) is 6.54 Å². The molecule has 0 amide bonds. The van der Waals surface area contributed by atoms with Gasteiger partial charge in [-0.2, -0.15) is 5.26 Å². The minimum Gasteiger partial charge on any atom is -0.309 e. The molecule has 0 heterocycles. The third-order valence-corrected chi connectivity index (χ3v) is 3.63. The van der Waals surface area contributed by atoms with Gasteiger partial charge in [-0.25, -0.2) is 0 Å². The fourth-order valence-electron chi connectivity index (χ4n) is 2.18. The average Bonchev–Trinajstić information content (AvgIpc) is 2.39. The normalized spacial score (nSPS) is 13.0. The highest BCUT2D eigenvalue weighted by Crippen LogP contribution is 2.24. The molecule has 1 atom stereocenters. The third-order valence-electron chi connectivity index (χ3n) is 3.63. The molecule has 1 aromatic rings. The molecule has 0 aliphatic carbocycles. The lowest BCUT2D eigenvalue weighted by Gasteiger charge is -2.27. The molecule has 0 fully saturated rings. The van der Waals surface area contributed by atoms with E-state index in [9.17, 15) is 0 Å². The van der Waals surface area contributed by atoms with Gasteiger partial charge in [-0.1, -0.05) is 50.6 Å². The third kappa shape index (κ3) is 5.44. The summed E-state index contributed by atoms with van der Waals surface area (Å²) in [5, 5.41) is 12.3. The zero-order chi connectivity index (χ0) is 14.3. The topological polar surface area (TPSA) is 35.8 Å². The summed E-state index contributed by atoms with van der Waals surface area (Å²) in [4.78, 5) is 0. The van der Waals surface area contributed by atoms with Gasteiger partial charge in [-0.15, -0.1) is 0 Å². The molecule has 0 radical (unpaired) electrons. The molecule has 1 rings (SSSR count). The summed E-state index contributed by atoms with van der Waals surface area (Å²) >= 11 is 0. The molecule has 0 aromatic heterocycles. The Bertz CT molecular complexity index is 412. The molecule has 1 unspecified atom stereocenters. The first-order valence-electron chi connectivity index (χ1n) is 7.15. The van der Waals surface area contributed by atoms with E-state index in [0.29, 0.717) is 12.5 Å². The van der Waals surface area contributed by atoms with Gasteiger partial charge in [0.05, 0.1) is 6.07 Å². The smallest absolute Gasteiger partial charge is 0.0621 e. The van der Waals surface area contributed by atoms with Crippen molar-refractivity contribution in [2.24, 2.45) is 5.41 Å². The minimum absolute atomic E-state index is 0.174. The highest BCUT2D eigenvalue weighted by molar-refractivity contribution is 5.24. The molecule has 0 aliphatic rings. The fraction of sp³-hybridized carbons (Fsp3) is 0.588. The lowest BCUT2D eigenvalue weighted by molar-refractivity contribution is 0.298. The van der Waals surface area contributed by atoms with Crippen molar-refractivity contribution >= 4 is 0 Å². The number of rotatable bonds is 7. The first-order valence-corrected chi connectivity index (χ1v) is 7.15. The molecule has 0 aliphatic heterocycles. The molecule has 1 aromatic carbocycles. The Morgan fingerprint density at radius 2 is 1.89 bits per heavy atom. The first-order chi connectivity index (χ1) is 8.98. The number of nitrogens with one attached hydrogen (secondary N) is 1. The Morgan fingerprint density at radius 3 is 2.42 bits per heavy atom. The number of hydrogen-bond acceptors (Lipinski definition) is 2. The predicted octanol–water partition coefficient (Wildman–Crippen LogP) is 4.37. The molecule has 19 heavy (non-hydrogen) atoms. The maximum Gasteiger partial charge on any atom is 0.0621 e. The van der Waals surface area contributed by atoms with Crippen LogP contribution in [0.3, 0.4) is 0 Å². The van der Waals surface area contributed by atoms with E-state index in [4.69, 9.17) is 5.26 Å². The van der Waals surface area contributed by atoms with Gasteiger partial charge >= 0.3 is 0 Å². The SMILES string of the molecule is CCC(NCC(C)(C)CCC#N)c1ccc(C)cc1. The van der Waals surface area contributed by atoms with E-state index >= 15 is 0 Å². The van der Waals surface area contributed by atoms with Crippen LogP contribution in [0, 0.1) is 23.7 Å². The van der Waals surface area contributed by atoms with Crippen molar-refractivity contribution in [1.82, 2.24) is 5.32 Å². The van der Waals surface area contributed by atoms with Crippen molar-refractivity contribution in [2.75, 3.05) is 6.54 Å². The van der Waals surface area contributed by atoms with E-state index in [-0.39, 0.29) is 5.41 Å². The van der Waals surface area contributed by atoms with E-state index in [1.165, 1.54) is 11.1 Å². The van der Waals surface area contributed by atoms with Gasteiger partial charge < -0.3 is 5.32 Å². The van der Waals surface area contributed by atoms with Crippen molar-refractivity contribution in [2.45, 2.75) is 53.0 Å². The Morgan fingerprint density at radius 1 is 1.26 bits per heavy atom. The van der Waals surface area contributed by atoms with Gasteiger partial charge in [-0.05, 0) is 30.7 Å². The largest absolute Gasteiger partial charge is 0.309 e. The van der Waals surface area contributed by atoms with Gasteiger partial charge in [0, 0.05) is 19.0 Å². The van der Waals surface area contributed by atoms with Crippen molar-refractivity contribution < 1.29 is 0 Å². The number of hydrogen-bond donors (Lipinski definition) is 1. The fourth-order valence-corrected chi connectivity index (χ4v) is 2.18. The Balaban J connectivity index is 2.58. The van der Waals surface area contributed by atoms with Crippen LogP contribution in [0.2, 0.25) is 0 Å². The van der Waals surface area contributed by atoms with Gasteiger partial charge in [0.1, 0.15) is 0 Å². The first kappa shape index (κ1) is 15.7. The summed E-state index contributed by atoms with van der Waals surface area (Å²) in [7, 11) is 0. The summed E-state index contributed by atoms with van der Waals surface area (Å²) in [5.74, 6) is 0. The number of nitrogens with zero attached hydrogens (tertiary/aromatic N) is 1. The Hall–Kier alpha value is -1.33. The number of aryl methyl sites for hydroxylation is 1. The van der Waals surface area contributed by atoms with Gasteiger partial charge in [0.15, 0.2) is 0 Å². The van der Waals surface area contributed by atoms with Crippen molar-refractivity contribution in [3.63, 3.8) is 0 Å². The Kier molecular flexibility index (Phi) is 6.05. The maximum atomic E-state index is 8.69. The van der Waals surface area contributed by atoms with E-state index in [1.54, 1.807) is 0 Å². The molecule has 2 heteroatoms. The second-order valence-electron chi connectivity index (χ2n) is 6.07. The average molecular weight is 258 g/mol. The molecule has 0 bridgehead atoms. The van der Waals surface area contributed by atoms with Gasteiger partial charge in [0.25, 0.3) is 0 Å². The van der Waals surface area contributed by atoms with Crippen LogP contribution < -0.4 is 5.32 Å². The van der Waals surface area contributed by atoms with Crippen LogP contribution in [-0.2, 0) is 0 Å². The molecular formula is C17H26N2. The zero-order valence-corrected chi connectivity index (χ0v) is 12.7. The van der Waals surface area contributed by atoms with Crippen LogP contribution in [0.25, 0.3) is 0 Å². The second kappa shape index (κ2) is 7.31. The maximum absolute atomic E-state index is 8.69. The summed E-state index contributed by atoms with van der Waals surface area (Å²) in [6, 6.07) is 11.4. The van der Waals surface area contributed by atoms with E-state index in [0.717, 1.165) is 19.4 Å². The van der Waals surface area contributed by atoms with Crippen LogP contribution in [0.15, 0.2) is 24.3 Å². The molecule has 0 spiro atoms. The predicted molar refractivity (Wildman–Crippen MR) is 80.8 cm³/mol. The van der Waals surface area contributed by atoms with Crippen LogP contribution in [0.4, 0.5) is 0 Å². The van der Waals surface area contributed by atoms with Crippen molar-refractivity contribution in [1.29, 1.82) is 5.26 Å². The van der Waals surface area contributed by atoms with Crippen LogP contribution >= 0.6 is 0 Å². The highest BCUT2D eigenvalue weighted by Gasteiger charge is 2.19. The van der Waals surface area contributed by atoms with Gasteiger partial charge in [0.2, 0.25) is 0 Å². The lowest BCUT2D eigenvalue weighted by Crippen LogP contribution is -2.32. The van der Waals surface area contributed by atoms with Crippen LogP contribution in [0.1, 0.15) is 57.2 Å². The summed E-state index contributed by atoms with van der Waals surface area (Å²) in [5.41, 5.74) is 2.82. The Labute approximate surface area is 117 Å².